The number of methoxy groups -OCH3 is 3. The van der Waals surface area contributed by atoms with Crippen molar-refractivity contribution in [2.75, 3.05) is 21.3 Å². The van der Waals surface area contributed by atoms with E-state index in [1.54, 1.807) is 21.3 Å². The van der Waals surface area contributed by atoms with E-state index < -0.39 is 0 Å². The van der Waals surface area contributed by atoms with Gasteiger partial charge in [0, 0.05) is 0 Å². The zero-order valence-electron chi connectivity index (χ0n) is 19.4. The zero-order valence-corrected chi connectivity index (χ0v) is 19.4. The van der Waals surface area contributed by atoms with E-state index >= 15 is 0 Å². The van der Waals surface area contributed by atoms with E-state index in [2.05, 4.69) is 13.2 Å². The minimum Gasteiger partial charge on any atom is -0.497 e. The fourth-order valence-electron chi connectivity index (χ4n) is 3.37. The highest BCUT2D eigenvalue weighted by Gasteiger charge is 2.18. The third-order valence-electron chi connectivity index (χ3n) is 5.05. The average Bonchev–Trinajstić information content (AvgIpc) is 2.84. The lowest BCUT2D eigenvalue weighted by Gasteiger charge is -2.18. The summed E-state index contributed by atoms with van der Waals surface area (Å²) in [6.45, 7) is 7.98. The molecule has 0 amide bonds. The number of hydrogen-bond acceptors (Lipinski definition) is 5. The van der Waals surface area contributed by atoms with E-state index in [0.29, 0.717) is 41.8 Å². The second kappa shape index (κ2) is 11.7. The van der Waals surface area contributed by atoms with Gasteiger partial charge in [-0.15, -0.1) is 13.2 Å². The number of benzene rings is 3. The summed E-state index contributed by atoms with van der Waals surface area (Å²) in [4.78, 5) is 0. The molecule has 0 spiro atoms. The SMILES string of the molecule is C=CCc1ccc(Oc2cc(CC=C)cc(OC)c2OCc2ccc(OC)cc2)c(OC)c1. The number of allylic oxidation sites excluding steroid dienone is 2. The number of rotatable bonds is 12. The van der Waals surface area contributed by atoms with Gasteiger partial charge in [0.1, 0.15) is 12.4 Å². The Kier molecular flexibility index (Phi) is 8.42. The molecule has 5 nitrogen and oxygen atoms in total. The lowest BCUT2D eigenvalue weighted by atomic mass is 10.1. The van der Waals surface area contributed by atoms with E-state index in [1.165, 1.54) is 0 Å². The molecule has 0 saturated carbocycles. The average molecular weight is 447 g/mol. The van der Waals surface area contributed by atoms with Crippen LogP contribution in [0.2, 0.25) is 0 Å². The first-order valence-corrected chi connectivity index (χ1v) is 10.6. The predicted molar refractivity (Wildman–Crippen MR) is 131 cm³/mol. The van der Waals surface area contributed by atoms with Crippen molar-refractivity contribution in [2.45, 2.75) is 19.4 Å². The molecule has 0 aliphatic carbocycles. The summed E-state index contributed by atoms with van der Waals surface area (Å²) >= 11 is 0. The summed E-state index contributed by atoms with van der Waals surface area (Å²) in [6.07, 6.45) is 5.10. The second-order valence-electron chi connectivity index (χ2n) is 7.33. The van der Waals surface area contributed by atoms with Crippen molar-refractivity contribution in [1.82, 2.24) is 0 Å². The van der Waals surface area contributed by atoms with Crippen LogP contribution < -0.4 is 23.7 Å². The Morgan fingerprint density at radius 3 is 1.88 bits per heavy atom. The number of hydrogen-bond donors (Lipinski definition) is 0. The minimum atomic E-state index is 0.340. The van der Waals surface area contributed by atoms with E-state index in [0.717, 1.165) is 28.9 Å². The van der Waals surface area contributed by atoms with Crippen LogP contribution in [0.3, 0.4) is 0 Å². The standard InChI is InChI=1S/C28H30O5/c1-6-8-20-12-15-24(25(16-20)30-4)33-27-18-22(9-7-2)17-26(31-5)28(27)32-19-21-10-13-23(29-3)14-11-21/h6-7,10-18H,1-2,8-9,19H2,3-5H3. The van der Waals surface area contributed by atoms with Crippen LogP contribution in [0, 0.1) is 0 Å². The molecule has 0 unspecified atom stereocenters. The first-order valence-electron chi connectivity index (χ1n) is 10.6. The van der Waals surface area contributed by atoms with E-state index in [9.17, 15) is 0 Å². The highest BCUT2D eigenvalue weighted by Crippen LogP contribution is 2.43. The van der Waals surface area contributed by atoms with Crippen LogP contribution in [0.4, 0.5) is 0 Å². The van der Waals surface area contributed by atoms with Gasteiger partial charge in [-0.3, -0.25) is 0 Å². The van der Waals surface area contributed by atoms with Crippen LogP contribution in [-0.2, 0) is 19.4 Å². The van der Waals surface area contributed by atoms with Gasteiger partial charge in [0.2, 0.25) is 5.75 Å². The Morgan fingerprint density at radius 1 is 0.636 bits per heavy atom. The van der Waals surface area contributed by atoms with Gasteiger partial charge in [0.25, 0.3) is 0 Å². The van der Waals surface area contributed by atoms with Crippen molar-refractivity contribution < 1.29 is 23.7 Å². The van der Waals surface area contributed by atoms with Gasteiger partial charge >= 0.3 is 0 Å². The van der Waals surface area contributed by atoms with Crippen LogP contribution in [-0.4, -0.2) is 21.3 Å². The predicted octanol–water partition coefficient (Wildman–Crippen LogP) is 6.54. The molecule has 0 aliphatic heterocycles. The van der Waals surface area contributed by atoms with E-state index in [-0.39, 0.29) is 0 Å². The topological polar surface area (TPSA) is 46.2 Å². The van der Waals surface area contributed by atoms with Crippen LogP contribution in [0.5, 0.6) is 34.5 Å². The fourth-order valence-corrected chi connectivity index (χ4v) is 3.37. The summed E-state index contributed by atoms with van der Waals surface area (Å²) in [7, 11) is 4.88. The largest absolute Gasteiger partial charge is 0.497 e. The monoisotopic (exact) mass is 446 g/mol. The quantitative estimate of drug-likeness (QED) is 0.296. The molecule has 3 rings (SSSR count). The van der Waals surface area contributed by atoms with Gasteiger partial charge in [-0.05, 0) is 65.9 Å². The van der Waals surface area contributed by atoms with Crippen molar-refractivity contribution in [3.05, 3.63) is 96.6 Å². The summed E-state index contributed by atoms with van der Waals surface area (Å²) in [5.74, 6) is 3.63. The Hall–Kier alpha value is -3.86. The van der Waals surface area contributed by atoms with Gasteiger partial charge in [-0.2, -0.15) is 0 Å². The van der Waals surface area contributed by atoms with Crippen LogP contribution in [0.25, 0.3) is 0 Å². The van der Waals surface area contributed by atoms with Crippen molar-refractivity contribution in [1.29, 1.82) is 0 Å². The highest BCUT2D eigenvalue weighted by atomic mass is 16.5. The molecule has 0 saturated heterocycles. The van der Waals surface area contributed by atoms with Crippen LogP contribution in [0.1, 0.15) is 16.7 Å². The molecule has 3 aromatic rings. The van der Waals surface area contributed by atoms with Gasteiger partial charge in [0.05, 0.1) is 21.3 Å². The lowest BCUT2D eigenvalue weighted by molar-refractivity contribution is 0.269. The van der Waals surface area contributed by atoms with Crippen molar-refractivity contribution >= 4 is 0 Å². The summed E-state index contributed by atoms with van der Waals surface area (Å²) in [5.41, 5.74) is 3.07. The van der Waals surface area contributed by atoms with Gasteiger partial charge < -0.3 is 23.7 Å². The van der Waals surface area contributed by atoms with Crippen molar-refractivity contribution in [3.63, 3.8) is 0 Å². The molecular weight excluding hydrogens is 416 g/mol. The van der Waals surface area contributed by atoms with E-state index in [4.69, 9.17) is 23.7 Å². The molecule has 33 heavy (non-hydrogen) atoms. The molecule has 0 aliphatic rings. The van der Waals surface area contributed by atoms with E-state index in [1.807, 2.05) is 66.7 Å². The third kappa shape index (κ3) is 6.10. The molecule has 0 N–H and O–H groups in total. The summed E-state index contributed by atoms with van der Waals surface area (Å²) in [5, 5.41) is 0. The summed E-state index contributed by atoms with van der Waals surface area (Å²) < 4.78 is 28.9. The zero-order chi connectivity index (χ0) is 23.6. The molecule has 0 fully saturated rings. The maximum absolute atomic E-state index is 6.31. The summed E-state index contributed by atoms with van der Waals surface area (Å²) in [6, 6.07) is 17.4. The molecule has 0 heterocycles. The Labute approximate surface area is 195 Å². The lowest BCUT2D eigenvalue weighted by Crippen LogP contribution is -2.02. The van der Waals surface area contributed by atoms with Gasteiger partial charge in [-0.1, -0.05) is 30.4 Å². The van der Waals surface area contributed by atoms with Gasteiger partial charge in [0.15, 0.2) is 23.0 Å². The fraction of sp³-hybridized carbons (Fsp3) is 0.214. The normalized spacial score (nSPS) is 10.3. The first-order chi connectivity index (χ1) is 16.1. The molecule has 0 radical (unpaired) electrons. The first kappa shape index (κ1) is 23.8. The molecule has 0 aromatic heterocycles. The second-order valence-corrected chi connectivity index (χ2v) is 7.33. The van der Waals surface area contributed by atoms with Crippen LogP contribution in [0.15, 0.2) is 79.9 Å². The van der Waals surface area contributed by atoms with Crippen molar-refractivity contribution in [2.24, 2.45) is 0 Å². The Balaban J connectivity index is 1.96. The third-order valence-corrected chi connectivity index (χ3v) is 5.05. The molecule has 0 bridgehead atoms. The molecule has 3 aromatic carbocycles. The van der Waals surface area contributed by atoms with Gasteiger partial charge in [-0.25, -0.2) is 0 Å². The molecular formula is C28H30O5. The highest BCUT2D eigenvalue weighted by molar-refractivity contribution is 5.57. The van der Waals surface area contributed by atoms with Crippen LogP contribution >= 0.6 is 0 Å². The minimum absolute atomic E-state index is 0.340. The van der Waals surface area contributed by atoms with Crippen molar-refractivity contribution in [3.8, 4) is 34.5 Å². The molecule has 172 valence electrons. The maximum atomic E-state index is 6.31. The Bertz CT molecular complexity index is 1090. The number of ether oxygens (including phenoxy) is 5. The molecule has 5 heteroatoms. The Morgan fingerprint density at radius 2 is 1.24 bits per heavy atom. The molecule has 0 atom stereocenters. The smallest absolute Gasteiger partial charge is 0.204 e. The maximum Gasteiger partial charge on any atom is 0.204 e.